The quantitative estimate of drug-likeness (QED) is 0.663. The number of hydrogen-bond donors (Lipinski definition) is 2. The van der Waals surface area contributed by atoms with E-state index in [1.807, 2.05) is 43.3 Å². The topological polar surface area (TPSA) is 75.3 Å². The number of aryl methyl sites for hydroxylation is 2. The van der Waals surface area contributed by atoms with Gasteiger partial charge < -0.3 is 5.32 Å². The van der Waals surface area contributed by atoms with Crippen molar-refractivity contribution in [3.8, 4) is 0 Å². The number of nitrogens with one attached hydrogen (secondary N) is 2. The van der Waals surface area contributed by atoms with Gasteiger partial charge in [0.05, 0.1) is 4.90 Å². The molecule has 0 atom stereocenters. The molecule has 3 aromatic carbocycles. The molecular weight excluding hydrogens is 372 g/mol. The lowest BCUT2D eigenvalue weighted by Gasteiger charge is -2.12. The summed E-state index contributed by atoms with van der Waals surface area (Å²) in [6.45, 7) is 4.00. The van der Waals surface area contributed by atoms with Gasteiger partial charge in [-0.15, -0.1) is 0 Å². The third kappa shape index (κ3) is 4.78. The van der Waals surface area contributed by atoms with E-state index < -0.39 is 10.0 Å². The lowest BCUT2D eigenvalue weighted by molar-refractivity contribution is 0.0951. The van der Waals surface area contributed by atoms with Gasteiger partial charge in [0.1, 0.15) is 0 Å². The van der Waals surface area contributed by atoms with E-state index in [4.69, 9.17) is 0 Å². The summed E-state index contributed by atoms with van der Waals surface area (Å²) in [5.74, 6) is -0.267. The predicted octanol–water partition coefficient (Wildman–Crippen LogP) is 4.03. The number of benzene rings is 3. The van der Waals surface area contributed by atoms with Crippen molar-refractivity contribution in [2.75, 3.05) is 4.72 Å². The molecule has 0 aromatic heterocycles. The number of rotatable bonds is 6. The predicted molar refractivity (Wildman–Crippen MR) is 111 cm³/mol. The average molecular weight is 394 g/mol. The van der Waals surface area contributed by atoms with Crippen molar-refractivity contribution in [1.82, 2.24) is 5.32 Å². The molecule has 0 saturated carbocycles. The highest BCUT2D eigenvalue weighted by Gasteiger charge is 2.18. The largest absolute Gasteiger partial charge is 0.348 e. The highest BCUT2D eigenvalue weighted by atomic mass is 32.2. The summed E-state index contributed by atoms with van der Waals surface area (Å²) in [7, 11) is -3.75. The Morgan fingerprint density at radius 2 is 1.64 bits per heavy atom. The van der Waals surface area contributed by atoms with E-state index in [0.717, 1.165) is 11.1 Å². The highest BCUT2D eigenvalue weighted by Crippen LogP contribution is 2.21. The fourth-order valence-corrected chi connectivity index (χ4v) is 4.19. The van der Waals surface area contributed by atoms with Crippen molar-refractivity contribution in [2.45, 2.75) is 25.3 Å². The molecule has 5 nitrogen and oxygen atoms in total. The summed E-state index contributed by atoms with van der Waals surface area (Å²) in [6.07, 6.45) is 0. The van der Waals surface area contributed by atoms with Crippen LogP contribution in [0.25, 0.3) is 0 Å². The smallest absolute Gasteiger partial charge is 0.262 e. The van der Waals surface area contributed by atoms with Gasteiger partial charge >= 0.3 is 0 Å². The lowest BCUT2D eigenvalue weighted by Crippen LogP contribution is -2.23. The SMILES string of the molecule is Cc1ccc(C)c(S(=O)(=O)Nc2cccc(C(=O)NCc3ccccc3)c2)c1. The van der Waals surface area contributed by atoms with Gasteiger partial charge in [0.2, 0.25) is 0 Å². The van der Waals surface area contributed by atoms with Crippen molar-refractivity contribution in [1.29, 1.82) is 0 Å². The van der Waals surface area contributed by atoms with Crippen LogP contribution in [0.2, 0.25) is 0 Å². The third-order valence-electron chi connectivity index (χ3n) is 4.31. The Hall–Kier alpha value is -3.12. The second-order valence-corrected chi connectivity index (χ2v) is 8.27. The minimum absolute atomic E-state index is 0.228. The number of carbonyl (C=O) groups is 1. The number of amides is 1. The minimum Gasteiger partial charge on any atom is -0.348 e. The number of hydrogen-bond acceptors (Lipinski definition) is 3. The first-order valence-corrected chi connectivity index (χ1v) is 10.4. The molecule has 0 heterocycles. The van der Waals surface area contributed by atoms with E-state index in [-0.39, 0.29) is 10.8 Å². The maximum atomic E-state index is 12.8. The molecule has 0 bridgehead atoms. The Morgan fingerprint density at radius 3 is 2.39 bits per heavy atom. The lowest BCUT2D eigenvalue weighted by atomic mass is 10.2. The van der Waals surface area contributed by atoms with Gasteiger partial charge in [-0.05, 0) is 54.8 Å². The molecule has 6 heteroatoms. The zero-order chi connectivity index (χ0) is 20.1. The number of carbonyl (C=O) groups excluding carboxylic acids is 1. The molecule has 0 unspecified atom stereocenters. The average Bonchev–Trinajstić information content (AvgIpc) is 2.68. The molecule has 3 aromatic rings. The zero-order valence-corrected chi connectivity index (χ0v) is 16.6. The van der Waals surface area contributed by atoms with Crippen LogP contribution in [0, 0.1) is 13.8 Å². The van der Waals surface area contributed by atoms with Gasteiger partial charge in [-0.3, -0.25) is 9.52 Å². The Balaban J connectivity index is 1.75. The van der Waals surface area contributed by atoms with Crippen LogP contribution in [0.5, 0.6) is 0 Å². The first-order valence-electron chi connectivity index (χ1n) is 8.87. The second-order valence-electron chi connectivity index (χ2n) is 6.62. The second kappa shape index (κ2) is 8.27. The van der Waals surface area contributed by atoms with Gasteiger partial charge in [-0.25, -0.2) is 8.42 Å². The number of sulfonamides is 1. The first kappa shape index (κ1) is 19.6. The van der Waals surface area contributed by atoms with Crippen LogP contribution < -0.4 is 10.0 Å². The van der Waals surface area contributed by atoms with E-state index in [9.17, 15) is 13.2 Å². The molecule has 0 saturated heterocycles. The number of anilines is 1. The van der Waals surface area contributed by atoms with E-state index in [1.165, 1.54) is 6.07 Å². The molecule has 0 aliphatic carbocycles. The summed E-state index contributed by atoms with van der Waals surface area (Å²) in [4.78, 5) is 12.6. The Kier molecular flexibility index (Phi) is 5.80. The monoisotopic (exact) mass is 394 g/mol. The summed E-state index contributed by atoms with van der Waals surface area (Å²) in [5, 5.41) is 2.84. The molecule has 1 amide bonds. The maximum Gasteiger partial charge on any atom is 0.262 e. The first-order chi connectivity index (χ1) is 13.3. The van der Waals surface area contributed by atoms with Crippen LogP contribution in [-0.4, -0.2) is 14.3 Å². The molecule has 0 aliphatic rings. The van der Waals surface area contributed by atoms with Crippen LogP contribution in [-0.2, 0) is 16.6 Å². The van der Waals surface area contributed by atoms with Gasteiger partial charge in [-0.1, -0.05) is 48.5 Å². The molecule has 0 spiro atoms. The fraction of sp³-hybridized carbons (Fsp3) is 0.136. The third-order valence-corrected chi connectivity index (χ3v) is 5.83. The van der Waals surface area contributed by atoms with Crippen LogP contribution in [0.4, 0.5) is 5.69 Å². The van der Waals surface area contributed by atoms with Crippen LogP contribution in [0.15, 0.2) is 77.7 Å². The van der Waals surface area contributed by atoms with Crippen LogP contribution >= 0.6 is 0 Å². The summed E-state index contributed by atoms with van der Waals surface area (Å²) >= 11 is 0. The summed E-state index contributed by atoms with van der Waals surface area (Å²) in [5.41, 5.74) is 3.24. The Labute approximate surface area is 165 Å². The van der Waals surface area contributed by atoms with Crippen molar-refractivity contribution < 1.29 is 13.2 Å². The normalized spacial score (nSPS) is 11.1. The van der Waals surface area contributed by atoms with E-state index >= 15 is 0 Å². The highest BCUT2D eigenvalue weighted by molar-refractivity contribution is 7.92. The van der Waals surface area contributed by atoms with Gasteiger partial charge in [-0.2, -0.15) is 0 Å². The molecule has 0 radical (unpaired) electrons. The fourth-order valence-electron chi connectivity index (χ4n) is 2.81. The van der Waals surface area contributed by atoms with Crippen LogP contribution in [0.3, 0.4) is 0 Å². The van der Waals surface area contributed by atoms with Crippen LogP contribution in [0.1, 0.15) is 27.0 Å². The van der Waals surface area contributed by atoms with Crippen molar-refractivity contribution in [3.63, 3.8) is 0 Å². The van der Waals surface area contributed by atoms with Gasteiger partial charge in [0.15, 0.2) is 0 Å². The van der Waals surface area contributed by atoms with E-state index in [0.29, 0.717) is 23.4 Å². The van der Waals surface area contributed by atoms with E-state index in [1.54, 1.807) is 37.3 Å². The maximum absolute atomic E-state index is 12.8. The standard InChI is InChI=1S/C22H22N2O3S/c1-16-11-12-17(2)21(13-16)28(26,27)24-20-10-6-9-19(14-20)22(25)23-15-18-7-4-3-5-8-18/h3-14,24H,15H2,1-2H3,(H,23,25). The molecule has 3 rings (SSSR count). The molecule has 144 valence electrons. The Bertz CT molecular complexity index is 1090. The Morgan fingerprint density at radius 1 is 0.893 bits per heavy atom. The molecule has 0 aliphatic heterocycles. The minimum atomic E-state index is -3.75. The molecule has 0 fully saturated rings. The molecule has 28 heavy (non-hydrogen) atoms. The van der Waals surface area contributed by atoms with E-state index in [2.05, 4.69) is 10.0 Å². The van der Waals surface area contributed by atoms with Gasteiger partial charge in [0, 0.05) is 17.8 Å². The van der Waals surface area contributed by atoms with Gasteiger partial charge in [0.25, 0.3) is 15.9 Å². The molecule has 2 N–H and O–H groups in total. The van der Waals surface area contributed by atoms with Crippen molar-refractivity contribution >= 4 is 21.6 Å². The van der Waals surface area contributed by atoms with Crippen molar-refractivity contribution in [2.24, 2.45) is 0 Å². The summed E-state index contributed by atoms with van der Waals surface area (Å²) in [6, 6.07) is 21.3. The summed E-state index contributed by atoms with van der Waals surface area (Å²) < 4.78 is 28.1. The molecular formula is C22H22N2O3S. The zero-order valence-electron chi connectivity index (χ0n) is 15.8. The van der Waals surface area contributed by atoms with Crippen molar-refractivity contribution in [3.05, 3.63) is 95.1 Å².